The lowest BCUT2D eigenvalue weighted by atomic mass is 9.81. The summed E-state index contributed by atoms with van der Waals surface area (Å²) in [5.41, 5.74) is 4.24. The molecule has 2 aliphatic rings. The molecule has 0 radical (unpaired) electrons. The third-order valence-corrected chi connectivity index (χ3v) is 6.86. The Balaban J connectivity index is 1.34. The predicted octanol–water partition coefficient (Wildman–Crippen LogP) is 4.81. The highest BCUT2D eigenvalue weighted by Crippen LogP contribution is 2.37. The molecular formula is C25H18N2O4S. The number of carbonyl (C=O) groups excluding carboxylic acids is 1. The van der Waals surface area contributed by atoms with Crippen molar-refractivity contribution in [3.05, 3.63) is 87.2 Å². The zero-order valence-electron chi connectivity index (χ0n) is 17.0. The molecule has 7 heteroatoms. The molecular weight excluding hydrogens is 424 g/mol. The second kappa shape index (κ2) is 7.46. The first-order chi connectivity index (χ1) is 15.7. The number of hydrogen-bond donors (Lipinski definition) is 1. The molecule has 0 saturated heterocycles. The average molecular weight is 442 g/mol. The smallest absolute Gasteiger partial charge is 0.258 e. The molecule has 3 heterocycles. The van der Waals surface area contributed by atoms with E-state index in [1.165, 1.54) is 11.3 Å². The van der Waals surface area contributed by atoms with Crippen LogP contribution in [0, 0.1) is 0 Å². The van der Waals surface area contributed by atoms with Crippen LogP contribution in [0.1, 0.15) is 34.0 Å². The van der Waals surface area contributed by atoms with Gasteiger partial charge in [-0.1, -0.05) is 30.3 Å². The third kappa shape index (κ3) is 3.22. The van der Waals surface area contributed by atoms with E-state index >= 15 is 0 Å². The summed E-state index contributed by atoms with van der Waals surface area (Å²) in [6.07, 6.45) is 1.07. The lowest BCUT2D eigenvalue weighted by molar-refractivity contribution is 0.0963. The Labute approximate surface area is 187 Å². The van der Waals surface area contributed by atoms with Crippen LogP contribution in [0.2, 0.25) is 0 Å². The number of thiazole rings is 1. The fourth-order valence-corrected chi connectivity index (χ4v) is 5.18. The number of Topliss-reactive ketones (excluding diaryl/α,β-unsaturated/α-hetero) is 1. The average Bonchev–Trinajstić information content (AvgIpc) is 3.48. The van der Waals surface area contributed by atoms with Crippen LogP contribution >= 0.6 is 11.3 Å². The molecule has 32 heavy (non-hydrogen) atoms. The van der Waals surface area contributed by atoms with Crippen LogP contribution < -0.4 is 15.0 Å². The van der Waals surface area contributed by atoms with Gasteiger partial charge < -0.3 is 14.5 Å². The molecule has 1 aliphatic carbocycles. The molecule has 2 aromatic carbocycles. The minimum atomic E-state index is -0.225. The highest BCUT2D eigenvalue weighted by Gasteiger charge is 2.28. The van der Waals surface area contributed by atoms with Gasteiger partial charge in [0.15, 0.2) is 17.3 Å². The number of nitrogens with zero attached hydrogens (tertiary/aromatic N) is 1. The van der Waals surface area contributed by atoms with Gasteiger partial charge in [-0.15, -0.1) is 11.3 Å². The molecule has 1 aliphatic heterocycles. The van der Waals surface area contributed by atoms with Crippen LogP contribution in [-0.4, -0.2) is 22.5 Å². The van der Waals surface area contributed by atoms with Crippen molar-refractivity contribution < 1.29 is 14.3 Å². The minimum absolute atomic E-state index is 0.0464. The molecule has 2 aromatic heterocycles. The quantitative estimate of drug-likeness (QED) is 0.493. The van der Waals surface area contributed by atoms with Gasteiger partial charge in [0, 0.05) is 28.6 Å². The second-order valence-electron chi connectivity index (χ2n) is 7.95. The van der Waals surface area contributed by atoms with Gasteiger partial charge in [-0.3, -0.25) is 9.59 Å². The molecule has 0 spiro atoms. The first-order valence-corrected chi connectivity index (χ1v) is 11.2. The summed E-state index contributed by atoms with van der Waals surface area (Å²) in [4.78, 5) is 33.5. The molecule has 1 N–H and O–H groups in total. The van der Waals surface area contributed by atoms with Crippen molar-refractivity contribution >= 4 is 17.1 Å². The van der Waals surface area contributed by atoms with Gasteiger partial charge in [-0.2, -0.15) is 0 Å². The Hall–Kier alpha value is -3.71. The molecule has 4 aromatic rings. The van der Waals surface area contributed by atoms with Crippen LogP contribution in [0.25, 0.3) is 21.8 Å². The third-order valence-electron chi connectivity index (χ3n) is 5.98. The van der Waals surface area contributed by atoms with Crippen LogP contribution in [0.5, 0.6) is 11.5 Å². The van der Waals surface area contributed by atoms with E-state index in [2.05, 4.69) is 9.97 Å². The Kier molecular flexibility index (Phi) is 4.43. The molecule has 6 nitrogen and oxygen atoms in total. The maximum atomic E-state index is 12.9. The molecule has 0 saturated carbocycles. The standard InChI is InChI=1S/C25H18N2O4S/c28-21-9-16(14-4-2-1-3-5-14)8-19-17(21)11-18(24(29)26-19)25-27-20(12-32-25)15-6-7-22-23(10-15)31-13-30-22/h1-7,10-12,16H,8-9,13H2,(H,26,29). The number of ether oxygens (including phenoxy) is 2. The normalized spacial score (nSPS) is 16.8. The van der Waals surface area contributed by atoms with Gasteiger partial charge in [0.2, 0.25) is 6.79 Å². The van der Waals surface area contributed by atoms with E-state index in [9.17, 15) is 9.59 Å². The molecule has 1 atom stereocenters. The Morgan fingerprint density at radius 2 is 1.78 bits per heavy atom. The van der Waals surface area contributed by atoms with Crippen LogP contribution in [0.15, 0.2) is 64.8 Å². The number of H-pyrrole nitrogens is 1. The number of pyridine rings is 1. The number of rotatable bonds is 3. The van der Waals surface area contributed by atoms with Gasteiger partial charge in [-0.25, -0.2) is 4.98 Å². The lowest BCUT2D eigenvalue weighted by Gasteiger charge is -2.24. The molecule has 0 amide bonds. The van der Waals surface area contributed by atoms with Crippen molar-refractivity contribution in [2.45, 2.75) is 18.8 Å². The van der Waals surface area contributed by atoms with Crippen molar-refractivity contribution in [3.8, 4) is 33.3 Å². The maximum absolute atomic E-state index is 12.9. The fourth-order valence-electron chi connectivity index (χ4n) is 4.34. The second-order valence-corrected chi connectivity index (χ2v) is 8.81. The first kappa shape index (κ1) is 19.0. The highest BCUT2D eigenvalue weighted by atomic mass is 32.1. The van der Waals surface area contributed by atoms with Crippen molar-refractivity contribution in [1.29, 1.82) is 0 Å². The van der Waals surface area contributed by atoms with Crippen molar-refractivity contribution in [2.75, 3.05) is 6.79 Å². The molecule has 6 rings (SSSR count). The molecule has 1 unspecified atom stereocenters. The zero-order chi connectivity index (χ0) is 21.7. The highest BCUT2D eigenvalue weighted by molar-refractivity contribution is 7.13. The largest absolute Gasteiger partial charge is 0.454 e. The van der Waals surface area contributed by atoms with Crippen LogP contribution in [-0.2, 0) is 6.42 Å². The van der Waals surface area contributed by atoms with Gasteiger partial charge in [-0.05, 0) is 42.2 Å². The minimum Gasteiger partial charge on any atom is -0.454 e. The predicted molar refractivity (Wildman–Crippen MR) is 122 cm³/mol. The summed E-state index contributed by atoms with van der Waals surface area (Å²) in [6, 6.07) is 17.3. The number of benzene rings is 2. The summed E-state index contributed by atoms with van der Waals surface area (Å²) < 4.78 is 10.8. The van der Waals surface area contributed by atoms with E-state index in [1.54, 1.807) is 6.07 Å². The van der Waals surface area contributed by atoms with E-state index in [-0.39, 0.29) is 24.1 Å². The Morgan fingerprint density at radius 3 is 2.66 bits per heavy atom. The number of carbonyl (C=O) groups is 1. The summed E-state index contributed by atoms with van der Waals surface area (Å²) in [6.45, 7) is 0.213. The SMILES string of the molecule is O=C1CC(c2ccccc2)Cc2[nH]c(=O)c(-c3nc(-c4ccc5c(c4)OCO5)cs3)cc21. The zero-order valence-corrected chi connectivity index (χ0v) is 17.8. The fraction of sp³-hybridized carbons (Fsp3) is 0.160. The monoisotopic (exact) mass is 442 g/mol. The van der Waals surface area contributed by atoms with E-state index in [0.29, 0.717) is 46.2 Å². The number of nitrogens with one attached hydrogen (secondary N) is 1. The van der Waals surface area contributed by atoms with Crippen LogP contribution in [0.3, 0.4) is 0 Å². The molecule has 0 bridgehead atoms. The number of aromatic amines is 1. The van der Waals surface area contributed by atoms with Gasteiger partial charge in [0.25, 0.3) is 5.56 Å². The topological polar surface area (TPSA) is 81.3 Å². The van der Waals surface area contributed by atoms with Gasteiger partial charge >= 0.3 is 0 Å². The maximum Gasteiger partial charge on any atom is 0.258 e. The first-order valence-electron chi connectivity index (χ1n) is 10.4. The Bertz CT molecular complexity index is 1410. The Morgan fingerprint density at radius 1 is 0.938 bits per heavy atom. The van der Waals surface area contributed by atoms with E-state index in [4.69, 9.17) is 9.47 Å². The summed E-state index contributed by atoms with van der Waals surface area (Å²) >= 11 is 1.38. The number of ketones is 1. The van der Waals surface area contributed by atoms with Gasteiger partial charge in [0.1, 0.15) is 5.01 Å². The van der Waals surface area contributed by atoms with Crippen molar-refractivity contribution in [2.24, 2.45) is 0 Å². The van der Waals surface area contributed by atoms with E-state index in [0.717, 1.165) is 16.8 Å². The number of hydrogen-bond acceptors (Lipinski definition) is 6. The lowest BCUT2D eigenvalue weighted by Crippen LogP contribution is -2.24. The van der Waals surface area contributed by atoms with E-state index in [1.807, 2.05) is 53.9 Å². The number of aromatic nitrogens is 2. The molecule has 158 valence electrons. The summed E-state index contributed by atoms with van der Waals surface area (Å²) in [5, 5.41) is 2.48. The van der Waals surface area contributed by atoms with E-state index < -0.39 is 0 Å². The number of fused-ring (bicyclic) bond motifs is 2. The van der Waals surface area contributed by atoms with Crippen molar-refractivity contribution in [3.63, 3.8) is 0 Å². The van der Waals surface area contributed by atoms with Gasteiger partial charge in [0.05, 0.1) is 11.3 Å². The van der Waals surface area contributed by atoms with Crippen LogP contribution in [0.4, 0.5) is 0 Å². The van der Waals surface area contributed by atoms with Crippen molar-refractivity contribution in [1.82, 2.24) is 9.97 Å². The summed E-state index contributed by atoms with van der Waals surface area (Å²) in [7, 11) is 0. The molecule has 0 fully saturated rings. The summed E-state index contributed by atoms with van der Waals surface area (Å²) in [5.74, 6) is 1.52.